The van der Waals surface area contributed by atoms with Gasteiger partial charge in [0, 0.05) is 29.8 Å². The molecule has 0 radical (unpaired) electrons. The number of hydrogen-bond donors (Lipinski definition) is 0. The van der Waals surface area contributed by atoms with Crippen LogP contribution in [0.1, 0.15) is 6.92 Å². The van der Waals surface area contributed by atoms with Gasteiger partial charge in [0.25, 0.3) is 5.91 Å². The van der Waals surface area contributed by atoms with Crippen molar-refractivity contribution in [1.29, 1.82) is 0 Å². The van der Waals surface area contributed by atoms with Crippen molar-refractivity contribution >= 4 is 17.7 Å². The van der Waals surface area contributed by atoms with Crippen LogP contribution in [0.15, 0.2) is 29.2 Å². The fraction of sp³-hybridized carbons (Fsp3) is 0.562. The number of fused-ring (bicyclic) bond motifs is 1. The second kappa shape index (κ2) is 5.89. The van der Waals surface area contributed by atoms with E-state index in [9.17, 15) is 4.79 Å². The Labute approximate surface area is 130 Å². The van der Waals surface area contributed by atoms with Crippen molar-refractivity contribution in [1.82, 2.24) is 9.80 Å². The third-order valence-electron chi connectivity index (χ3n) is 4.33. The van der Waals surface area contributed by atoms with E-state index in [1.807, 2.05) is 29.2 Å². The van der Waals surface area contributed by atoms with E-state index in [2.05, 4.69) is 25.9 Å². The van der Waals surface area contributed by atoms with E-state index >= 15 is 0 Å². The van der Waals surface area contributed by atoms with E-state index in [0.29, 0.717) is 17.7 Å². The Hall–Kier alpha value is -1.20. The molecule has 1 saturated heterocycles. The van der Waals surface area contributed by atoms with Gasteiger partial charge in [-0.1, -0.05) is 19.1 Å². The van der Waals surface area contributed by atoms with Crippen molar-refractivity contribution in [3.05, 3.63) is 24.3 Å². The summed E-state index contributed by atoms with van der Waals surface area (Å²) in [5, 5.41) is 0. The average molecular weight is 306 g/mol. The molecule has 0 spiro atoms. The van der Waals surface area contributed by atoms with Crippen molar-refractivity contribution in [3.8, 4) is 5.75 Å². The first-order valence-electron chi connectivity index (χ1n) is 7.40. The van der Waals surface area contributed by atoms with Crippen LogP contribution < -0.4 is 4.74 Å². The van der Waals surface area contributed by atoms with Gasteiger partial charge in [-0.25, -0.2) is 0 Å². The van der Waals surface area contributed by atoms with E-state index in [4.69, 9.17) is 4.74 Å². The molecule has 2 aliphatic rings. The number of carbonyl (C=O) groups excluding carboxylic acids is 1. The molecule has 0 aromatic heterocycles. The molecule has 4 nitrogen and oxygen atoms in total. The van der Waals surface area contributed by atoms with E-state index < -0.39 is 0 Å². The highest BCUT2D eigenvalue weighted by Crippen LogP contribution is 2.35. The molecule has 1 aromatic rings. The summed E-state index contributed by atoms with van der Waals surface area (Å²) in [7, 11) is 4.16. The molecule has 0 saturated carbocycles. The van der Waals surface area contributed by atoms with Gasteiger partial charge in [-0.15, -0.1) is 11.8 Å². The molecular weight excluding hydrogens is 284 g/mol. The lowest BCUT2D eigenvalue weighted by atomic mass is 10.1. The smallest absolute Gasteiger partial charge is 0.264 e. The zero-order chi connectivity index (χ0) is 15.0. The zero-order valence-electron chi connectivity index (χ0n) is 12.8. The Morgan fingerprint density at radius 3 is 2.81 bits per heavy atom. The number of carbonyl (C=O) groups is 1. The molecule has 2 aliphatic heterocycles. The van der Waals surface area contributed by atoms with Crippen LogP contribution in [0, 0.1) is 5.92 Å². The summed E-state index contributed by atoms with van der Waals surface area (Å²) in [5.41, 5.74) is 0. The number of likely N-dealkylation sites (N-methyl/N-ethyl adjacent to an activating group) is 1. The second-order valence-corrected chi connectivity index (χ2v) is 7.18. The zero-order valence-corrected chi connectivity index (χ0v) is 13.6. The van der Waals surface area contributed by atoms with Gasteiger partial charge >= 0.3 is 0 Å². The lowest BCUT2D eigenvalue weighted by molar-refractivity contribution is -0.137. The SMILES string of the molecule is C[C@@H]1CN(C(=O)[C@H]2CSc3ccccc3O2)C[C@H]1N(C)C. The number of benzene rings is 1. The van der Waals surface area contributed by atoms with E-state index in [-0.39, 0.29) is 12.0 Å². The number of ether oxygens (including phenoxy) is 1. The van der Waals surface area contributed by atoms with Crippen molar-refractivity contribution < 1.29 is 9.53 Å². The van der Waals surface area contributed by atoms with E-state index in [1.165, 1.54) is 0 Å². The number of likely N-dealkylation sites (tertiary alicyclic amines) is 1. The Kier molecular flexibility index (Phi) is 4.13. The quantitative estimate of drug-likeness (QED) is 0.836. The molecule has 1 aromatic carbocycles. The first kappa shape index (κ1) is 14.7. The van der Waals surface area contributed by atoms with Crippen LogP contribution in [0.25, 0.3) is 0 Å². The number of thioether (sulfide) groups is 1. The van der Waals surface area contributed by atoms with Crippen LogP contribution in [0.2, 0.25) is 0 Å². The van der Waals surface area contributed by atoms with Crippen LogP contribution in [-0.4, -0.2) is 60.8 Å². The van der Waals surface area contributed by atoms with Crippen molar-refractivity contribution in [3.63, 3.8) is 0 Å². The topological polar surface area (TPSA) is 32.8 Å². The molecule has 21 heavy (non-hydrogen) atoms. The van der Waals surface area contributed by atoms with E-state index in [0.717, 1.165) is 23.7 Å². The van der Waals surface area contributed by atoms with Gasteiger partial charge in [-0.2, -0.15) is 0 Å². The van der Waals surface area contributed by atoms with Crippen LogP contribution >= 0.6 is 11.8 Å². The minimum atomic E-state index is -0.349. The van der Waals surface area contributed by atoms with Gasteiger partial charge in [-0.3, -0.25) is 4.79 Å². The van der Waals surface area contributed by atoms with Gasteiger partial charge in [-0.05, 0) is 32.1 Å². The maximum atomic E-state index is 12.7. The normalized spacial score (nSPS) is 28.4. The van der Waals surface area contributed by atoms with Gasteiger partial charge < -0.3 is 14.5 Å². The van der Waals surface area contributed by atoms with Crippen molar-refractivity contribution in [2.45, 2.75) is 24.0 Å². The molecular formula is C16H22N2O2S. The van der Waals surface area contributed by atoms with Crippen LogP contribution in [0.3, 0.4) is 0 Å². The monoisotopic (exact) mass is 306 g/mol. The molecule has 0 aliphatic carbocycles. The maximum Gasteiger partial charge on any atom is 0.264 e. The summed E-state index contributed by atoms with van der Waals surface area (Å²) in [6.07, 6.45) is -0.349. The summed E-state index contributed by atoms with van der Waals surface area (Å²) in [6.45, 7) is 3.84. The summed E-state index contributed by atoms with van der Waals surface area (Å²) >= 11 is 1.71. The Morgan fingerprint density at radius 2 is 2.10 bits per heavy atom. The van der Waals surface area contributed by atoms with Crippen LogP contribution in [0.5, 0.6) is 5.75 Å². The molecule has 5 heteroatoms. The predicted molar refractivity (Wildman–Crippen MR) is 84.8 cm³/mol. The molecule has 3 rings (SSSR count). The Morgan fingerprint density at radius 1 is 1.33 bits per heavy atom. The number of nitrogens with zero attached hydrogens (tertiary/aromatic N) is 2. The molecule has 114 valence electrons. The molecule has 1 amide bonds. The van der Waals surface area contributed by atoms with Gasteiger partial charge in [0.2, 0.25) is 0 Å². The van der Waals surface area contributed by atoms with Crippen molar-refractivity contribution in [2.24, 2.45) is 5.92 Å². The largest absolute Gasteiger partial charge is 0.479 e. The number of para-hydroxylation sites is 1. The minimum Gasteiger partial charge on any atom is -0.479 e. The number of hydrogen-bond acceptors (Lipinski definition) is 4. The Bertz CT molecular complexity index is 535. The summed E-state index contributed by atoms with van der Waals surface area (Å²) in [6, 6.07) is 8.38. The van der Waals surface area contributed by atoms with Crippen LogP contribution in [0.4, 0.5) is 0 Å². The first-order valence-corrected chi connectivity index (χ1v) is 8.38. The molecule has 0 unspecified atom stereocenters. The highest BCUT2D eigenvalue weighted by atomic mass is 32.2. The average Bonchev–Trinajstić information content (AvgIpc) is 2.88. The number of amides is 1. The fourth-order valence-corrected chi connectivity index (χ4v) is 4.12. The Balaban J connectivity index is 1.68. The molecule has 0 bridgehead atoms. The summed E-state index contributed by atoms with van der Waals surface area (Å²) < 4.78 is 5.91. The third kappa shape index (κ3) is 2.90. The highest BCUT2D eigenvalue weighted by molar-refractivity contribution is 7.99. The fourth-order valence-electron chi connectivity index (χ4n) is 3.15. The maximum absolute atomic E-state index is 12.7. The lowest BCUT2D eigenvalue weighted by Gasteiger charge is -2.28. The molecule has 3 atom stereocenters. The molecule has 2 heterocycles. The molecule has 0 N–H and O–H groups in total. The predicted octanol–water partition coefficient (Wildman–Crippen LogP) is 1.95. The van der Waals surface area contributed by atoms with E-state index in [1.54, 1.807) is 11.8 Å². The minimum absolute atomic E-state index is 0.133. The highest BCUT2D eigenvalue weighted by Gasteiger charge is 2.38. The van der Waals surface area contributed by atoms with Gasteiger partial charge in [0.05, 0.1) is 0 Å². The number of rotatable bonds is 2. The summed E-state index contributed by atoms with van der Waals surface area (Å²) in [4.78, 5) is 18.0. The van der Waals surface area contributed by atoms with Gasteiger partial charge in [0.15, 0.2) is 6.10 Å². The lowest BCUT2D eigenvalue weighted by Crippen LogP contribution is -2.44. The second-order valence-electron chi connectivity index (χ2n) is 6.12. The first-order chi connectivity index (χ1) is 10.1. The van der Waals surface area contributed by atoms with Crippen molar-refractivity contribution in [2.75, 3.05) is 32.9 Å². The summed E-state index contributed by atoms with van der Waals surface area (Å²) in [5.74, 6) is 2.18. The standard InChI is InChI=1S/C16H22N2O2S/c1-11-8-18(9-12(11)17(2)3)16(19)14-10-21-15-7-5-4-6-13(15)20-14/h4-7,11-12,14H,8-10H2,1-3H3/t11-,12-,14-/m1/s1. The molecule has 1 fully saturated rings. The van der Waals surface area contributed by atoms with Crippen LogP contribution in [-0.2, 0) is 4.79 Å². The van der Waals surface area contributed by atoms with Gasteiger partial charge in [0.1, 0.15) is 5.75 Å². The third-order valence-corrected chi connectivity index (χ3v) is 5.45.